The van der Waals surface area contributed by atoms with Crippen LogP contribution in [0.4, 0.5) is 10.6 Å². The van der Waals surface area contributed by atoms with E-state index in [1.54, 1.807) is 11.1 Å². The van der Waals surface area contributed by atoms with Crippen LogP contribution in [0.1, 0.15) is 65.5 Å². The van der Waals surface area contributed by atoms with Crippen LogP contribution in [0.5, 0.6) is 0 Å². The minimum atomic E-state index is -0.526. The number of likely N-dealkylation sites (tertiary alicyclic amines) is 1. The molecule has 2 rings (SSSR count). The topological polar surface area (TPSA) is 45.7 Å². The van der Waals surface area contributed by atoms with E-state index < -0.39 is 5.60 Å². The van der Waals surface area contributed by atoms with Gasteiger partial charge in [0.05, 0.1) is 0 Å². The second-order valence-electron chi connectivity index (χ2n) is 7.66. The van der Waals surface area contributed by atoms with Crippen LogP contribution in [-0.4, -0.2) is 41.2 Å². The first-order chi connectivity index (χ1) is 11.2. The van der Waals surface area contributed by atoms with Crippen LogP contribution < -0.4 is 4.90 Å². The number of carbonyl (C=O) groups excluding carboxylic acids is 1. The summed E-state index contributed by atoms with van der Waals surface area (Å²) >= 11 is 0. The average Bonchev–Trinajstić information content (AvgIpc) is 2.92. The van der Waals surface area contributed by atoms with Crippen LogP contribution in [0.2, 0.25) is 0 Å². The van der Waals surface area contributed by atoms with E-state index in [4.69, 9.17) is 4.74 Å². The van der Waals surface area contributed by atoms with Gasteiger partial charge in [-0.3, -0.25) is 9.80 Å². The molecule has 0 bridgehead atoms. The van der Waals surface area contributed by atoms with E-state index in [0.29, 0.717) is 6.04 Å². The third-order valence-corrected chi connectivity index (χ3v) is 4.55. The lowest BCUT2D eigenvalue weighted by Crippen LogP contribution is -2.43. The largest absolute Gasteiger partial charge is 0.443 e. The second-order valence-corrected chi connectivity index (χ2v) is 7.66. The molecule has 0 spiro atoms. The van der Waals surface area contributed by atoms with Crippen molar-refractivity contribution >= 4 is 11.9 Å². The summed E-state index contributed by atoms with van der Waals surface area (Å²) in [6, 6.07) is 4.38. The van der Waals surface area contributed by atoms with Crippen molar-refractivity contribution in [3.8, 4) is 0 Å². The van der Waals surface area contributed by atoms with Gasteiger partial charge >= 0.3 is 6.09 Å². The predicted molar refractivity (Wildman–Crippen MR) is 97.3 cm³/mol. The molecule has 5 heteroatoms. The number of amides is 1. The van der Waals surface area contributed by atoms with Gasteiger partial charge in [-0.25, -0.2) is 9.78 Å². The van der Waals surface area contributed by atoms with Gasteiger partial charge in [-0.05, 0) is 66.6 Å². The summed E-state index contributed by atoms with van der Waals surface area (Å²) in [7, 11) is 2.13. The van der Waals surface area contributed by atoms with Gasteiger partial charge in [-0.1, -0.05) is 13.0 Å². The molecule has 2 heterocycles. The first-order valence-corrected chi connectivity index (χ1v) is 8.92. The van der Waals surface area contributed by atoms with Crippen LogP contribution in [0, 0.1) is 0 Å². The maximum atomic E-state index is 12.9. The fraction of sp³-hybridized carbons (Fsp3) is 0.684. The van der Waals surface area contributed by atoms with Gasteiger partial charge in [0.15, 0.2) is 0 Å². The third-order valence-electron chi connectivity index (χ3n) is 4.55. The number of pyridine rings is 1. The van der Waals surface area contributed by atoms with Gasteiger partial charge in [-0.2, -0.15) is 0 Å². The Morgan fingerprint density at radius 3 is 2.75 bits per heavy atom. The van der Waals surface area contributed by atoms with Gasteiger partial charge in [0, 0.05) is 23.8 Å². The van der Waals surface area contributed by atoms with Crippen molar-refractivity contribution in [2.45, 2.75) is 71.6 Å². The zero-order valence-electron chi connectivity index (χ0n) is 15.9. The lowest BCUT2D eigenvalue weighted by molar-refractivity contribution is 0.0565. The highest BCUT2D eigenvalue weighted by Gasteiger charge is 2.33. The summed E-state index contributed by atoms with van der Waals surface area (Å²) in [5, 5.41) is 0. The van der Waals surface area contributed by atoms with Crippen LogP contribution in [0.25, 0.3) is 0 Å². The second kappa shape index (κ2) is 7.51. The molecule has 0 saturated carbocycles. The average molecular weight is 333 g/mol. The number of nitrogens with zero attached hydrogens (tertiary/aromatic N) is 3. The number of rotatable bonds is 4. The standard InChI is InChI=1S/C19H31N3O2/c1-7-14(2)22(18(23)24-19(3,4)5)17-15(10-8-12-20-17)16-11-9-13-21(16)6/h8,10,12,14,16H,7,9,11,13H2,1-6H3/t14-,16-/m1/s1. The number of anilines is 1. The van der Waals surface area contributed by atoms with Crippen molar-refractivity contribution in [1.82, 2.24) is 9.88 Å². The highest BCUT2D eigenvalue weighted by atomic mass is 16.6. The fourth-order valence-electron chi connectivity index (χ4n) is 3.14. The van der Waals surface area contributed by atoms with E-state index in [0.717, 1.165) is 30.8 Å². The van der Waals surface area contributed by atoms with Crippen LogP contribution in [0.3, 0.4) is 0 Å². The van der Waals surface area contributed by atoms with Gasteiger partial charge in [-0.15, -0.1) is 0 Å². The van der Waals surface area contributed by atoms with E-state index in [9.17, 15) is 4.79 Å². The Hall–Kier alpha value is -1.62. The molecule has 1 aromatic heterocycles. The zero-order chi connectivity index (χ0) is 17.9. The van der Waals surface area contributed by atoms with Crippen LogP contribution in [0.15, 0.2) is 18.3 Å². The Morgan fingerprint density at radius 1 is 1.50 bits per heavy atom. The fourth-order valence-corrected chi connectivity index (χ4v) is 3.14. The Bertz CT molecular complexity index is 568. The third kappa shape index (κ3) is 4.26. The first kappa shape index (κ1) is 18.7. The maximum absolute atomic E-state index is 12.9. The summed E-state index contributed by atoms with van der Waals surface area (Å²) in [4.78, 5) is 21.5. The molecule has 2 atom stereocenters. The SMILES string of the molecule is CC[C@@H](C)N(C(=O)OC(C)(C)C)c1ncccc1[C@H]1CCCN1C. The lowest BCUT2D eigenvalue weighted by atomic mass is 10.0. The monoisotopic (exact) mass is 333 g/mol. The van der Waals surface area contributed by atoms with E-state index in [-0.39, 0.29) is 12.1 Å². The zero-order valence-corrected chi connectivity index (χ0v) is 15.9. The molecule has 1 aliphatic rings. The quantitative estimate of drug-likeness (QED) is 0.820. The molecule has 0 N–H and O–H groups in total. The summed E-state index contributed by atoms with van der Waals surface area (Å²) in [5.41, 5.74) is 0.589. The molecule has 1 saturated heterocycles. The molecule has 0 unspecified atom stereocenters. The van der Waals surface area contributed by atoms with Crippen molar-refractivity contribution in [1.29, 1.82) is 0 Å². The van der Waals surface area contributed by atoms with Crippen molar-refractivity contribution in [3.63, 3.8) is 0 Å². The van der Waals surface area contributed by atoms with Crippen molar-refractivity contribution in [2.75, 3.05) is 18.5 Å². The number of aromatic nitrogens is 1. The molecule has 0 radical (unpaired) electrons. The number of hydrogen-bond donors (Lipinski definition) is 0. The summed E-state index contributed by atoms with van der Waals surface area (Å²) in [6.07, 6.45) is 4.55. The van der Waals surface area contributed by atoms with Gasteiger partial charge in [0.25, 0.3) is 0 Å². The Kier molecular flexibility index (Phi) is 5.86. The van der Waals surface area contributed by atoms with E-state index in [1.165, 1.54) is 6.42 Å². The highest BCUT2D eigenvalue weighted by molar-refractivity contribution is 5.88. The smallest absolute Gasteiger partial charge is 0.416 e. The molecule has 1 aliphatic heterocycles. The lowest BCUT2D eigenvalue weighted by Gasteiger charge is -2.33. The normalized spacial score (nSPS) is 20.0. The molecule has 1 aromatic rings. The molecule has 134 valence electrons. The molecule has 0 aromatic carbocycles. The van der Waals surface area contributed by atoms with Crippen LogP contribution >= 0.6 is 0 Å². The Balaban J connectivity index is 2.41. The number of hydrogen-bond acceptors (Lipinski definition) is 4. The molecular weight excluding hydrogens is 302 g/mol. The predicted octanol–water partition coefficient (Wildman–Crippen LogP) is 4.39. The number of ether oxygens (including phenoxy) is 1. The van der Waals surface area contributed by atoms with Crippen molar-refractivity contribution in [3.05, 3.63) is 23.9 Å². The summed E-state index contributed by atoms with van der Waals surface area (Å²) in [6.45, 7) is 10.9. The maximum Gasteiger partial charge on any atom is 0.416 e. The Morgan fingerprint density at radius 2 is 2.21 bits per heavy atom. The van der Waals surface area contributed by atoms with Gasteiger partial charge < -0.3 is 4.74 Å². The molecular formula is C19H31N3O2. The van der Waals surface area contributed by atoms with Gasteiger partial charge in [0.1, 0.15) is 11.4 Å². The minimum absolute atomic E-state index is 0.0280. The molecule has 24 heavy (non-hydrogen) atoms. The summed E-state index contributed by atoms with van der Waals surface area (Å²) in [5.74, 6) is 0.736. The Labute approximate surface area is 146 Å². The molecule has 5 nitrogen and oxygen atoms in total. The van der Waals surface area contributed by atoms with E-state index >= 15 is 0 Å². The first-order valence-electron chi connectivity index (χ1n) is 8.92. The number of carbonyl (C=O) groups is 1. The molecule has 1 amide bonds. The van der Waals surface area contributed by atoms with E-state index in [2.05, 4.69) is 29.9 Å². The highest BCUT2D eigenvalue weighted by Crippen LogP contribution is 2.36. The van der Waals surface area contributed by atoms with Crippen molar-refractivity contribution < 1.29 is 9.53 Å². The summed E-state index contributed by atoms with van der Waals surface area (Å²) < 4.78 is 5.66. The van der Waals surface area contributed by atoms with E-state index in [1.807, 2.05) is 33.8 Å². The molecule has 1 fully saturated rings. The molecule has 0 aliphatic carbocycles. The van der Waals surface area contributed by atoms with Gasteiger partial charge in [0.2, 0.25) is 0 Å². The van der Waals surface area contributed by atoms with Crippen LogP contribution in [-0.2, 0) is 4.74 Å². The minimum Gasteiger partial charge on any atom is -0.443 e. The van der Waals surface area contributed by atoms with Crippen molar-refractivity contribution in [2.24, 2.45) is 0 Å².